The maximum absolute atomic E-state index is 3.65. The van der Waals surface area contributed by atoms with Crippen LogP contribution in [0.4, 0.5) is 0 Å². The number of nitrogens with one attached hydrogen (secondary N) is 1. The monoisotopic (exact) mass is 183 g/mol. The van der Waals surface area contributed by atoms with Gasteiger partial charge in [0.15, 0.2) is 0 Å². The Balaban J connectivity index is 1.96. The number of hydrogen-bond acceptors (Lipinski definition) is 1. The summed E-state index contributed by atoms with van der Waals surface area (Å²) in [6.07, 6.45) is 9.90. The highest BCUT2D eigenvalue weighted by Crippen LogP contribution is 2.17. The second-order valence-corrected chi connectivity index (χ2v) is 4.64. The van der Waals surface area contributed by atoms with Crippen molar-refractivity contribution < 1.29 is 0 Å². The van der Waals surface area contributed by atoms with Crippen LogP contribution in [0.3, 0.4) is 0 Å². The standard InChI is InChI=1S/C12H25N/c1-3-4-5-6-7-12-9-8-11(2)10-13-12/h11-13H,3-10H2,1-2H3. The third-order valence-corrected chi connectivity index (χ3v) is 3.17. The molecule has 0 bridgehead atoms. The van der Waals surface area contributed by atoms with Crippen LogP contribution in [-0.4, -0.2) is 12.6 Å². The summed E-state index contributed by atoms with van der Waals surface area (Å²) >= 11 is 0. The molecule has 0 amide bonds. The molecule has 0 aromatic heterocycles. The number of hydrogen-bond donors (Lipinski definition) is 1. The summed E-state index contributed by atoms with van der Waals surface area (Å²) in [5, 5.41) is 3.65. The van der Waals surface area contributed by atoms with Crippen molar-refractivity contribution in [1.82, 2.24) is 5.32 Å². The van der Waals surface area contributed by atoms with E-state index in [2.05, 4.69) is 19.2 Å². The first kappa shape index (κ1) is 11.0. The van der Waals surface area contributed by atoms with E-state index in [4.69, 9.17) is 0 Å². The Morgan fingerprint density at radius 2 is 2.00 bits per heavy atom. The Morgan fingerprint density at radius 3 is 2.62 bits per heavy atom. The smallest absolute Gasteiger partial charge is 0.00672 e. The molecule has 1 aliphatic heterocycles. The summed E-state index contributed by atoms with van der Waals surface area (Å²) in [4.78, 5) is 0. The molecule has 0 aliphatic carbocycles. The van der Waals surface area contributed by atoms with E-state index in [1.54, 1.807) is 0 Å². The van der Waals surface area contributed by atoms with Gasteiger partial charge in [-0.1, -0.05) is 39.5 Å². The van der Waals surface area contributed by atoms with Gasteiger partial charge in [-0.05, 0) is 31.7 Å². The lowest BCUT2D eigenvalue weighted by atomic mass is 9.93. The Hall–Kier alpha value is -0.0400. The van der Waals surface area contributed by atoms with Crippen LogP contribution in [0, 0.1) is 5.92 Å². The third-order valence-electron chi connectivity index (χ3n) is 3.17. The Bertz CT molecular complexity index is 114. The minimum absolute atomic E-state index is 0.841. The highest BCUT2D eigenvalue weighted by atomic mass is 14.9. The van der Waals surface area contributed by atoms with Gasteiger partial charge in [0.05, 0.1) is 0 Å². The first-order chi connectivity index (χ1) is 6.33. The van der Waals surface area contributed by atoms with Crippen LogP contribution in [0.2, 0.25) is 0 Å². The summed E-state index contributed by atoms with van der Waals surface area (Å²) in [6.45, 7) is 5.87. The van der Waals surface area contributed by atoms with Crippen molar-refractivity contribution in [3.05, 3.63) is 0 Å². The lowest BCUT2D eigenvalue weighted by Crippen LogP contribution is -2.37. The van der Waals surface area contributed by atoms with E-state index in [9.17, 15) is 0 Å². The molecular formula is C12H25N. The van der Waals surface area contributed by atoms with Gasteiger partial charge in [-0.3, -0.25) is 0 Å². The lowest BCUT2D eigenvalue weighted by molar-refractivity contribution is 0.309. The quantitative estimate of drug-likeness (QED) is 0.645. The minimum Gasteiger partial charge on any atom is -0.314 e. The van der Waals surface area contributed by atoms with Crippen LogP contribution in [0.1, 0.15) is 58.8 Å². The van der Waals surface area contributed by atoms with Gasteiger partial charge in [-0.25, -0.2) is 0 Å². The van der Waals surface area contributed by atoms with Gasteiger partial charge in [0.2, 0.25) is 0 Å². The van der Waals surface area contributed by atoms with Crippen molar-refractivity contribution in [3.63, 3.8) is 0 Å². The highest BCUT2D eigenvalue weighted by Gasteiger charge is 2.16. The molecule has 2 unspecified atom stereocenters. The van der Waals surface area contributed by atoms with Crippen LogP contribution in [0.15, 0.2) is 0 Å². The van der Waals surface area contributed by atoms with E-state index < -0.39 is 0 Å². The predicted molar refractivity (Wildman–Crippen MR) is 58.9 cm³/mol. The minimum atomic E-state index is 0.841. The molecule has 0 saturated carbocycles. The molecule has 1 N–H and O–H groups in total. The molecule has 1 nitrogen and oxygen atoms in total. The average molecular weight is 183 g/mol. The van der Waals surface area contributed by atoms with Crippen molar-refractivity contribution in [2.24, 2.45) is 5.92 Å². The lowest BCUT2D eigenvalue weighted by Gasteiger charge is -2.27. The molecule has 1 heteroatoms. The second kappa shape index (κ2) is 6.42. The molecule has 1 aliphatic rings. The van der Waals surface area contributed by atoms with Gasteiger partial charge in [0.1, 0.15) is 0 Å². The van der Waals surface area contributed by atoms with Crippen molar-refractivity contribution in [2.75, 3.05) is 6.54 Å². The van der Waals surface area contributed by atoms with Gasteiger partial charge in [0.25, 0.3) is 0 Å². The average Bonchev–Trinajstić information content (AvgIpc) is 2.15. The summed E-state index contributed by atoms with van der Waals surface area (Å²) < 4.78 is 0. The fraction of sp³-hybridized carbons (Fsp3) is 1.00. The second-order valence-electron chi connectivity index (χ2n) is 4.64. The molecule has 13 heavy (non-hydrogen) atoms. The molecule has 0 aromatic rings. The van der Waals surface area contributed by atoms with Gasteiger partial charge < -0.3 is 5.32 Å². The zero-order valence-electron chi connectivity index (χ0n) is 9.31. The maximum atomic E-state index is 3.65. The number of piperidine rings is 1. The first-order valence-electron chi connectivity index (χ1n) is 6.06. The molecule has 1 rings (SSSR count). The van der Waals surface area contributed by atoms with Gasteiger partial charge in [-0.2, -0.15) is 0 Å². The third kappa shape index (κ3) is 4.66. The summed E-state index contributed by atoms with van der Waals surface area (Å²) in [5.41, 5.74) is 0. The van der Waals surface area contributed by atoms with E-state index in [-0.39, 0.29) is 0 Å². The van der Waals surface area contributed by atoms with Crippen LogP contribution in [0.25, 0.3) is 0 Å². The van der Waals surface area contributed by atoms with E-state index in [1.165, 1.54) is 51.5 Å². The first-order valence-corrected chi connectivity index (χ1v) is 6.06. The van der Waals surface area contributed by atoms with Gasteiger partial charge >= 0.3 is 0 Å². The van der Waals surface area contributed by atoms with E-state index in [1.807, 2.05) is 0 Å². The Morgan fingerprint density at radius 1 is 1.15 bits per heavy atom. The fourth-order valence-electron chi connectivity index (χ4n) is 2.12. The molecule has 0 aromatic carbocycles. The fourth-order valence-corrected chi connectivity index (χ4v) is 2.12. The van der Waals surface area contributed by atoms with Crippen LogP contribution >= 0.6 is 0 Å². The van der Waals surface area contributed by atoms with Gasteiger partial charge in [-0.15, -0.1) is 0 Å². The zero-order valence-corrected chi connectivity index (χ0v) is 9.31. The highest BCUT2D eigenvalue weighted by molar-refractivity contribution is 4.75. The van der Waals surface area contributed by atoms with Crippen molar-refractivity contribution in [3.8, 4) is 0 Å². The topological polar surface area (TPSA) is 12.0 Å². The molecule has 78 valence electrons. The maximum Gasteiger partial charge on any atom is 0.00672 e. The van der Waals surface area contributed by atoms with Crippen molar-refractivity contribution in [2.45, 2.75) is 64.8 Å². The SMILES string of the molecule is CCCCCCC1CCC(C)CN1. The summed E-state index contributed by atoms with van der Waals surface area (Å²) in [7, 11) is 0. The summed E-state index contributed by atoms with van der Waals surface area (Å²) in [5.74, 6) is 0.909. The molecule has 0 radical (unpaired) electrons. The van der Waals surface area contributed by atoms with E-state index in [0.29, 0.717) is 0 Å². The molecular weight excluding hydrogens is 158 g/mol. The van der Waals surface area contributed by atoms with E-state index in [0.717, 1.165) is 12.0 Å². The summed E-state index contributed by atoms with van der Waals surface area (Å²) in [6, 6.07) is 0.841. The Kier molecular flexibility index (Phi) is 5.45. The molecule has 0 spiro atoms. The van der Waals surface area contributed by atoms with Crippen molar-refractivity contribution >= 4 is 0 Å². The zero-order chi connectivity index (χ0) is 9.52. The molecule has 1 saturated heterocycles. The molecule has 2 atom stereocenters. The normalized spacial score (nSPS) is 29.1. The molecule has 1 fully saturated rings. The van der Waals surface area contributed by atoms with Crippen LogP contribution in [-0.2, 0) is 0 Å². The Labute approximate surface area is 83.3 Å². The van der Waals surface area contributed by atoms with Crippen LogP contribution in [0.5, 0.6) is 0 Å². The number of unbranched alkanes of at least 4 members (excludes halogenated alkanes) is 3. The number of rotatable bonds is 5. The van der Waals surface area contributed by atoms with Crippen LogP contribution < -0.4 is 5.32 Å². The van der Waals surface area contributed by atoms with Gasteiger partial charge in [0, 0.05) is 6.04 Å². The molecule has 1 heterocycles. The van der Waals surface area contributed by atoms with Crippen molar-refractivity contribution in [1.29, 1.82) is 0 Å². The van der Waals surface area contributed by atoms with E-state index >= 15 is 0 Å². The largest absolute Gasteiger partial charge is 0.314 e. The predicted octanol–water partition coefficient (Wildman–Crippen LogP) is 3.34.